The van der Waals surface area contributed by atoms with E-state index in [1.165, 1.54) is 18.2 Å². The molecule has 1 heterocycles. The number of hydrogen-bond donors (Lipinski definition) is 1. The second kappa shape index (κ2) is 7.61. The maximum atomic E-state index is 14.6. The Bertz CT molecular complexity index is 769. The number of rotatable bonds is 4. The number of benzene rings is 2. The van der Waals surface area contributed by atoms with Crippen LogP contribution >= 0.6 is 0 Å². The second-order valence-electron chi connectivity index (χ2n) is 6.03. The highest BCUT2D eigenvalue weighted by atomic mass is 19.1. The van der Waals surface area contributed by atoms with Gasteiger partial charge in [-0.15, -0.1) is 0 Å². The lowest BCUT2D eigenvalue weighted by atomic mass is 10.0. The van der Waals surface area contributed by atoms with E-state index in [1.807, 2.05) is 24.8 Å². The SMILES string of the molecule is C/C(=N/Nc1ccc(F)cc1)c1cc(F)c(N2CCOCC2)cc1C. The number of hydrazone groups is 1. The molecule has 0 atom stereocenters. The molecule has 3 rings (SSSR count). The first-order valence-electron chi connectivity index (χ1n) is 8.23. The lowest BCUT2D eigenvalue weighted by Crippen LogP contribution is -2.36. The first-order chi connectivity index (χ1) is 12.0. The van der Waals surface area contributed by atoms with Gasteiger partial charge in [-0.3, -0.25) is 5.43 Å². The van der Waals surface area contributed by atoms with Gasteiger partial charge in [0, 0.05) is 18.7 Å². The van der Waals surface area contributed by atoms with Crippen LogP contribution in [-0.4, -0.2) is 32.0 Å². The van der Waals surface area contributed by atoms with E-state index in [0.717, 1.165) is 11.1 Å². The molecule has 25 heavy (non-hydrogen) atoms. The fraction of sp³-hybridized carbons (Fsp3) is 0.316. The van der Waals surface area contributed by atoms with E-state index < -0.39 is 0 Å². The Morgan fingerprint density at radius 3 is 2.48 bits per heavy atom. The summed E-state index contributed by atoms with van der Waals surface area (Å²) in [5.41, 5.74) is 6.49. The molecule has 1 N–H and O–H groups in total. The summed E-state index contributed by atoms with van der Waals surface area (Å²) in [6.45, 7) is 6.36. The average Bonchev–Trinajstić information content (AvgIpc) is 2.63. The molecular formula is C19H21F2N3O. The number of nitrogens with zero attached hydrogens (tertiary/aromatic N) is 2. The third-order valence-electron chi connectivity index (χ3n) is 4.23. The summed E-state index contributed by atoms with van der Waals surface area (Å²) in [5, 5.41) is 4.28. The van der Waals surface area contributed by atoms with Gasteiger partial charge in [-0.2, -0.15) is 5.10 Å². The van der Waals surface area contributed by atoms with Gasteiger partial charge in [0.25, 0.3) is 0 Å². The van der Waals surface area contributed by atoms with Gasteiger partial charge in [-0.05, 0) is 55.8 Å². The summed E-state index contributed by atoms with van der Waals surface area (Å²) in [6, 6.07) is 9.28. The number of hydrogen-bond acceptors (Lipinski definition) is 4. The Morgan fingerprint density at radius 1 is 1.12 bits per heavy atom. The number of ether oxygens (including phenoxy) is 1. The van der Waals surface area contributed by atoms with Crippen molar-refractivity contribution in [3.8, 4) is 0 Å². The van der Waals surface area contributed by atoms with Crippen LogP contribution in [0.4, 0.5) is 20.2 Å². The van der Waals surface area contributed by atoms with E-state index in [-0.39, 0.29) is 11.6 Å². The monoisotopic (exact) mass is 345 g/mol. The van der Waals surface area contributed by atoms with Crippen LogP contribution in [0.15, 0.2) is 41.5 Å². The molecule has 0 aliphatic carbocycles. The quantitative estimate of drug-likeness (QED) is 0.673. The van der Waals surface area contributed by atoms with Crippen LogP contribution in [-0.2, 0) is 4.74 Å². The van der Waals surface area contributed by atoms with Crippen LogP contribution in [0.3, 0.4) is 0 Å². The fourth-order valence-corrected chi connectivity index (χ4v) is 2.84. The van der Waals surface area contributed by atoms with Gasteiger partial charge >= 0.3 is 0 Å². The molecule has 1 aliphatic heterocycles. The Morgan fingerprint density at radius 2 is 1.80 bits per heavy atom. The van der Waals surface area contributed by atoms with Crippen LogP contribution in [0.2, 0.25) is 0 Å². The first kappa shape index (κ1) is 17.4. The Kier molecular flexibility index (Phi) is 5.28. The number of nitrogens with one attached hydrogen (secondary N) is 1. The maximum Gasteiger partial charge on any atom is 0.147 e. The third kappa shape index (κ3) is 4.14. The molecule has 6 heteroatoms. The van der Waals surface area contributed by atoms with Crippen LogP contribution in [0.1, 0.15) is 18.1 Å². The third-order valence-corrected chi connectivity index (χ3v) is 4.23. The average molecular weight is 345 g/mol. The highest BCUT2D eigenvalue weighted by molar-refractivity contribution is 6.00. The minimum atomic E-state index is -0.303. The minimum absolute atomic E-state index is 0.265. The zero-order valence-electron chi connectivity index (χ0n) is 14.4. The van der Waals surface area contributed by atoms with Crippen LogP contribution in [0.25, 0.3) is 0 Å². The molecule has 132 valence electrons. The summed E-state index contributed by atoms with van der Waals surface area (Å²) >= 11 is 0. The lowest BCUT2D eigenvalue weighted by Gasteiger charge is -2.29. The Balaban J connectivity index is 1.80. The van der Waals surface area contributed by atoms with Crippen LogP contribution in [0.5, 0.6) is 0 Å². The normalized spacial score (nSPS) is 15.4. The molecule has 0 aromatic heterocycles. The van der Waals surface area contributed by atoms with Crippen molar-refractivity contribution in [3.05, 3.63) is 59.2 Å². The van der Waals surface area contributed by atoms with E-state index >= 15 is 0 Å². The van der Waals surface area contributed by atoms with Crippen molar-refractivity contribution in [2.75, 3.05) is 36.6 Å². The zero-order valence-corrected chi connectivity index (χ0v) is 14.4. The fourth-order valence-electron chi connectivity index (χ4n) is 2.84. The van der Waals surface area contributed by atoms with Crippen molar-refractivity contribution >= 4 is 17.1 Å². The number of halogens is 2. The van der Waals surface area contributed by atoms with Gasteiger partial charge in [-0.1, -0.05) is 0 Å². The molecule has 1 saturated heterocycles. The first-order valence-corrected chi connectivity index (χ1v) is 8.23. The molecule has 1 aliphatic rings. The minimum Gasteiger partial charge on any atom is -0.378 e. The molecule has 2 aromatic rings. The van der Waals surface area contributed by atoms with Gasteiger partial charge in [-0.25, -0.2) is 8.78 Å². The van der Waals surface area contributed by atoms with Crippen LogP contribution < -0.4 is 10.3 Å². The second-order valence-corrected chi connectivity index (χ2v) is 6.03. The van der Waals surface area contributed by atoms with E-state index in [0.29, 0.717) is 43.4 Å². The summed E-state index contributed by atoms with van der Waals surface area (Å²) in [5.74, 6) is -0.568. The predicted molar refractivity (Wildman–Crippen MR) is 96.4 cm³/mol. The number of morpholine rings is 1. The van der Waals surface area contributed by atoms with Crippen molar-refractivity contribution in [2.45, 2.75) is 13.8 Å². The largest absolute Gasteiger partial charge is 0.378 e. The topological polar surface area (TPSA) is 36.9 Å². The zero-order chi connectivity index (χ0) is 17.8. The Labute approximate surface area is 146 Å². The summed E-state index contributed by atoms with van der Waals surface area (Å²) < 4.78 is 32.8. The molecule has 0 saturated carbocycles. The number of aryl methyl sites for hydroxylation is 1. The standard InChI is InChI=1S/C19H21F2N3O/c1-13-11-19(24-7-9-25-10-8-24)18(21)12-17(13)14(2)22-23-16-5-3-15(20)4-6-16/h3-6,11-12,23H,7-10H2,1-2H3/b22-14-. The molecule has 0 bridgehead atoms. The molecule has 0 spiro atoms. The summed E-state index contributed by atoms with van der Waals surface area (Å²) in [4.78, 5) is 2.00. The van der Waals surface area contributed by atoms with E-state index in [2.05, 4.69) is 10.5 Å². The highest BCUT2D eigenvalue weighted by Crippen LogP contribution is 2.25. The lowest BCUT2D eigenvalue weighted by molar-refractivity contribution is 0.122. The van der Waals surface area contributed by atoms with Crippen molar-refractivity contribution in [2.24, 2.45) is 5.10 Å². The molecular weight excluding hydrogens is 324 g/mol. The number of anilines is 2. The predicted octanol–water partition coefficient (Wildman–Crippen LogP) is 3.95. The van der Waals surface area contributed by atoms with E-state index in [4.69, 9.17) is 4.74 Å². The van der Waals surface area contributed by atoms with Crippen molar-refractivity contribution in [1.82, 2.24) is 0 Å². The van der Waals surface area contributed by atoms with Gasteiger partial charge in [0.15, 0.2) is 0 Å². The summed E-state index contributed by atoms with van der Waals surface area (Å²) in [7, 11) is 0. The van der Waals surface area contributed by atoms with Gasteiger partial charge in [0.05, 0.1) is 30.3 Å². The molecule has 0 amide bonds. The molecule has 4 nitrogen and oxygen atoms in total. The van der Waals surface area contributed by atoms with E-state index in [9.17, 15) is 8.78 Å². The highest BCUT2D eigenvalue weighted by Gasteiger charge is 2.17. The smallest absolute Gasteiger partial charge is 0.147 e. The van der Waals surface area contributed by atoms with Crippen molar-refractivity contribution in [3.63, 3.8) is 0 Å². The van der Waals surface area contributed by atoms with Crippen molar-refractivity contribution in [1.29, 1.82) is 0 Å². The summed E-state index contributed by atoms with van der Waals surface area (Å²) in [6.07, 6.45) is 0. The van der Waals surface area contributed by atoms with E-state index in [1.54, 1.807) is 12.1 Å². The molecule has 2 aromatic carbocycles. The molecule has 1 fully saturated rings. The van der Waals surface area contributed by atoms with Crippen molar-refractivity contribution < 1.29 is 13.5 Å². The van der Waals surface area contributed by atoms with Crippen LogP contribution in [0, 0.1) is 18.6 Å². The Hall–Kier alpha value is -2.47. The van der Waals surface area contributed by atoms with Gasteiger partial charge < -0.3 is 9.64 Å². The molecule has 0 unspecified atom stereocenters. The van der Waals surface area contributed by atoms with Gasteiger partial charge in [0.2, 0.25) is 0 Å². The maximum absolute atomic E-state index is 14.6. The van der Waals surface area contributed by atoms with Gasteiger partial charge in [0.1, 0.15) is 11.6 Å². The molecule has 0 radical (unpaired) electrons.